The number of amides is 1. The third-order valence-corrected chi connectivity index (χ3v) is 3.46. The molecule has 0 aliphatic carbocycles. The van der Waals surface area contributed by atoms with Gasteiger partial charge in [0.15, 0.2) is 0 Å². The second-order valence-corrected chi connectivity index (χ2v) is 5.00. The Labute approximate surface area is 120 Å². The van der Waals surface area contributed by atoms with Crippen LogP contribution >= 0.6 is 28.3 Å². The molecule has 18 heavy (non-hydrogen) atoms. The van der Waals surface area contributed by atoms with Crippen molar-refractivity contribution >= 4 is 34.2 Å². The summed E-state index contributed by atoms with van der Waals surface area (Å²) in [6.45, 7) is 1.78. The van der Waals surface area contributed by atoms with Gasteiger partial charge in [-0.05, 0) is 53.5 Å². The maximum absolute atomic E-state index is 13.3. The summed E-state index contributed by atoms with van der Waals surface area (Å²) in [4.78, 5) is 11.9. The lowest BCUT2D eigenvalue weighted by atomic mass is 10.1. The Morgan fingerprint density at radius 1 is 1.50 bits per heavy atom. The number of halogens is 3. The molecule has 1 heterocycles. The first kappa shape index (κ1) is 15.4. The Hall–Kier alpha value is -0.650. The van der Waals surface area contributed by atoms with Gasteiger partial charge in [-0.1, -0.05) is 0 Å². The van der Waals surface area contributed by atoms with E-state index in [2.05, 4.69) is 26.6 Å². The monoisotopic (exact) mass is 336 g/mol. The molecule has 0 bridgehead atoms. The van der Waals surface area contributed by atoms with Gasteiger partial charge in [0.2, 0.25) is 0 Å². The molecular formula is C12H15BrClFN2O. The fraction of sp³-hybridized carbons (Fsp3) is 0.417. The summed E-state index contributed by atoms with van der Waals surface area (Å²) in [5.74, 6) is -0.635. The number of hydrogen-bond acceptors (Lipinski definition) is 2. The van der Waals surface area contributed by atoms with Crippen molar-refractivity contribution < 1.29 is 9.18 Å². The summed E-state index contributed by atoms with van der Waals surface area (Å²) >= 11 is 3.06. The summed E-state index contributed by atoms with van der Waals surface area (Å²) in [7, 11) is 0. The first-order valence-corrected chi connectivity index (χ1v) is 6.43. The number of rotatable bonds is 2. The van der Waals surface area contributed by atoms with Crippen molar-refractivity contribution in [2.75, 3.05) is 13.1 Å². The minimum absolute atomic E-state index is 0. The van der Waals surface area contributed by atoms with Gasteiger partial charge in [-0.2, -0.15) is 0 Å². The van der Waals surface area contributed by atoms with E-state index in [-0.39, 0.29) is 24.4 Å². The van der Waals surface area contributed by atoms with E-state index in [1.165, 1.54) is 6.07 Å². The lowest BCUT2D eigenvalue weighted by molar-refractivity contribution is 0.0930. The van der Waals surface area contributed by atoms with Crippen LogP contribution in [-0.2, 0) is 0 Å². The molecule has 1 aliphatic rings. The fourth-order valence-electron chi connectivity index (χ4n) is 1.88. The van der Waals surface area contributed by atoms with Gasteiger partial charge < -0.3 is 10.6 Å². The fourth-order valence-corrected chi connectivity index (χ4v) is 2.13. The van der Waals surface area contributed by atoms with Crippen LogP contribution in [0.15, 0.2) is 22.7 Å². The molecule has 100 valence electrons. The number of carbonyl (C=O) groups is 1. The normalized spacial score (nSPS) is 18.9. The third-order valence-electron chi connectivity index (χ3n) is 2.81. The molecule has 1 aromatic carbocycles. The zero-order valence-electron chi connectivity index (χ0n) is 9.71. The zero-order valence-corrected chi connectivity index (χ0v) is 12.1. The standard InChI is InChI=1S/C12H14BrFN2O.ClH/c13-10-4-3-8(6-11(10)14)12(17)16-9-2-1-5-15-7-9;/h3-4,6,9,15H,1-2,5,7H2,(H,16,17);1H. The van der Waals surface area contributed by atoms with Gasteiger partial charge in [-0.3, -0.25) is 4.79 Å². The summed E-state index contributed by atoms with van der Waals surface area (Å²) in [5.41, 5.74) is 0.358. The van der Waals surface area contributed by atoms with Gasteiger partial charge >= 0.3 is 0 Å². The zero-order chi connectivity index (χ0) is 12.3. The van der Waals surface area contributed by atoms with Gasteiger partial charge in [-0.25, -0.2) is 4.39 Å². The van der Waals surface area contributed by atoms with E-state index in [0.29, 0.717) is 10.0 Å². The highest BCUT2D eigenvalue weighted by Gasteiger charge is 2.16. The highest BCUT2D eigenvalue weighted by atomic mass is 79.9. The molecule has 1 aromatic rings. The van der Waals surface area contributed by atoms with E-state index in [0.717, 1.165) is 25.9 Å². The smallest absolute Gasteiger partial charge is 0.251 e. The van der Waals surface area contributed by atoms with Gasteiger partial charge in [0.05, 0.1) is 4.47 Å². The molecule has 0 radical (unpaired) electrons. The topological polar surface area (TPSA) is 41.1 Å². The van der Waals surface area contributed by atoms with E-state index in [4.69, 9.17) is 0 Å². The predicted molar refractivity (Wildman–Crippen MR) is 74.7 cm³/mol. The number of carbonyl (C=O) groups excluding carboxylic acids is 1. The van der Waals surface area contributed by atoms with E-state index < -0.39 is 5.82 Å². The Balaban J connectivity index is 0.00000162. The van der Waals surface area contributed by atoms with Gasteiger partial charge in [0, 0.05) is 18.2 Å². The van der Waals surface area contributed by atoms with Crippen molar-refractivity contribution in [3.05, 3.63) is 34.1 Å². The van der Waals surface area contributed by atoms with Crippen LogP contribution in [0.25, 0.3) is 0 Å². The predicted octanol–water partition coefficient (Wildman–Crippen LogP) is 2.49. The number of hydrogen-bond donors (Lipinski definition) is 2. The second-order valence-electron chi connectivity index (χ2n) is 4.15. The minimum atomic E-state index is -0.417. The lowest BCUT2D eigenvalue weighted by Gasteiger charge is -2.23. The summed E-state index contributed by atoms with van der Waals surface area (Å²) < 4.78 is 13.6. The van der Waals surface area contributed by atoms with E-state index in [1.807, 2.05) is 0 Å². The molecule has 0 spiro atoms. The van der Waals surface area contributed by atoms with Crippen LogP contribution in [0, 0.1) is 5.82 Å². The lowest BCUT2D eigenvalue weighted by Crippen LogP contribution is -2.45. The molecule has 1 aliphatic heterocycles. The highest BCUT2D eigenvalue weighted by molar-refractivity contribution is 9.10. The van der Waals surface area contributed by atoms with Crippen LogP contribution in [-0.4, -0.2) is 25.0 Å². The van der Waals surface area contributed by atoms with Gasteiger partial charge in [0.1, 0.15) is 5.82 Å². The van der Waals surface area contributed by atoms with Crippen LogP contribution in [0.1, 0.15) is 23.2 Å². The third kappa shape index (κ3) is 3.93. The quantitative estimate of drug-likeness (QED) is 0.870. The molecule has 1 atom stereocenters. The van der Waals surface area contributed by atoms with Crippen molar-refractivity contribution in [1.82, 2.24) is 10.6 Å². The summed E-state index contributed by atoms with van der Waals surface area (Å²) in [5, 5.41) is 6.11. The Morgan fingerprint density at radius 2 is 2.28 bits per heavy atom. The molecule has 1 fully saturated rings. The molecule has 1 unspecified atom stereocenters. The summed E-state index contributed by atoms with van der Waals surface area (Å²) in [6.07, 6.45) is 2.03. The molecule has 2 rings (SSSR count). The van der Waals surface area contributed by atoms with Gasteiger partial charge in [0.25, 0.3) is 5.91 Å². The van der Waals surface area contributed by atoms with Crippen LogP contribution < -0.4 is 10.6 Å². The maximum Gasteiger partial charge on any atom is 0.251 e. The van der Waals surface area contributed by atoms with Crippen molar-refractivity contribution in [1.29, 1.82) is 0 Å². The second kappa shape index (κ2) is 7.07. The molecular weight excluding hydrogens is 322 g/mol. The molecule has 1 amide bonds. The molecule has 1 saturated heterocycles. The summed E-state index contributed by atoms with van der Waals surface area (Å²) in [6, 6.07) is 4.54. The molecule has 6 heteroatoms. The Bertz CT molecular complexity index is 425. The number of nitrogens with one attached hydrogen (secondary N) is 2. The molecule has 0 aromatic heterocycles. The van der Waals surface area contributed by atoms with E-state index >= 15 is 0 Å². The largest absolute Gasteiger partial charge is 0.348 e. The molecule has 0 saturated carbocycles. The molecule has 2 N–H and O–H groups in total. The Morgan fingerprint density at radius 3 is 2.89 bits per heavy atom. The first-order valence-electron chi connectivity index (χ1n) is 5.63. The van der Waals surface area contributed by atoms with Crippen molar-refractivity contribution in [3.63, 3.8) is 0 Å². The van der Waals surface area contributed by atoms with Crippen LogP contribution in [0.4, 0.5) is 4.39 Å². The van der Waals surface area contributed by atoms with Crippen LogP contribution in [0.5, 0.6) is 0 Å². The van der Waals surface area contributed by atoms with Crippen LogP contribution in [0.3, 0.4) is 0 Å². The minimum Gasteiger partial charge on any atom is -0.348 e. The SMILES string of the molecule is Cl.O=C(NC1CCCNC1)c1ccc(Br)c(F)c1. The average Bonchev–Trinajstić information content (AvgIpc) is 2.34. The highest BCUT2D eigenvalue weighted by Crippen LogP contribution is 2.16. The van der Waals surface area contributed by atoms with Crippen molar-refractivity contribution in [2.45, 2.75) is 18.9 Å². The van der Waals surface area contributed by atoms with Gasteiger partial charge in [-0.15, -0.1) is 12.4 Å². The van der Waals surface area contributed by atoms with E-state index in [1.54, 1.807) is 12.1 Å². The molecule has 3 nitrogen and oxygen atoms in total. The maximum atomic E-state index is 13.3. The van der Waals surface area contributed by atoms with E-state index in [9.17, 15) is 9.18 Å². The first-order chi connectivity index (χ1) is 8.16. The number of piperidine rings is 1. The van der Waals surface area contributed by atoms with Crippen molar-refractivity contribution in [3.8, 4) is 0 Å². The average molecular weight is 338 g/mol. The van der Waals surface area contributed by atoms with Crippen LogP contribution in [0.2, 0.25) is 0 Å². The number of benzene rings is 1. The van der Waals surface area contributed by atoms with Crippen molar-refractivity contribution in [2.24, 2.45) is 0 Å². The Kier molecular flexibility index (Phi) is 6.05.